The Hall–Kier alpha value is -0.930. The van der Waals surface area contributed by atoms with E-state index < -0.39 is 11.7 Å². The molecule has 0 heterocycles. The Morgan fingerprint density at radius 1 is 1.54 bits per heavy atom. The Bertz CT molecular complexity index is 297. The molecule has 13 heavy (non-hydrogen) atoms. The monoisotopic (exact) mass is 205 g/mol. The van der Waals surface area contributed by atoms with Crippen LogP contribution in [0.15, 0.2) is 28.8 Å². The number of isothiocyanates is 1. The topological polar surface area (TPSA) is 12.4 Å². The zero-order valence-electron chi connectivity index (χ0n) is 6.51. The van der Waals surface area contributed by atoms with Crippen molar-refractivity contribution < 1.29 is 13.2 Å². The van der Waals surface area contributed by atoms with E-state index in [0.717, 1.165) is 12.2 Å². The Kier molecular flexibility index (Phi) is 3.01. The molecule has 0 aromatic heterocycles. The first-order valence-corrected chi connectivity index (χ1v) is 3.97. The van der Waals surface area contributed by atoms with Crippen LogP contribution in [0.4, 0.5) is 13.2 Å². The zero-order valence-corrected chi connectivity index (χ0v) is 7.32. The molecule has 0 radical (unpaired) electrons. The number of aliphatic imine (C=N–C) groups is 1. The van der Waals surface area contributed by atoms with E-state index >= 15 is 0 Å². The summed E-state index contributed by atoms with van der Waals surface area (Å²) >= 11 is 4.34. The molecule has 1 aliphatic rings. The van der Waals surface area contributed by atoms with E-state index in [4.69, 9.17) is 0 Å². The molecule has 0 saturated carbocycles. The third-order valence-electron chi connectivity index (χ3n) is 1.62. The average Bonchev–Trinajstić information content (AvgIpc) is 2.04. The molecule has 1 atom stereocenters. The number of rotatable bonds is 1. The lowest BCUT2D eigenvalue weighted by Crippen LogP contribution is -2.14. The van der Waals surface area contributed by atoms with Crippen molar-refractivity contribution in [3.8, 4) is 0 Å². The van der Waals surface area contributed by atoms with Crippen molar-refractivity contribution in [1.82, 2.24) is 0 Å². The van der Waals surface area contributed by atoms with Gasteiger partial charge in [-0.25, -0.2) is 4.99 Å². The summed E-state index contributed by atoms with van der Waals surface area (Å²) in [6.45, 7) is 0. The number of allylic oxidation sites excluding steroid dienone is 2. The maximum atomic E-state index is 12.1. The molecule has 70 valence electrons. The van der Waals surface area contributed by atoms with Crippen LogP contribution in [-0.2, 0) is 0 Å². The predicted molar refractivity (Wildman–Crippen MR) is 46.7 cm³/mol. The van der Waals surface area contributed by atoms with Gasteiger partial charge in [0.1, 0.15) is 0 Å². The molecule has 0 aromatic carbocycles. The Labute approximate surface area is 78.7 Å². The van der Waals surface area contributed by atoms with Crippen LogP contribution in [0.3, 0.4) is 0 Å². The number of hydrogen-bond donors (Lipinski definition) is 0. The lowest BCUT2D eigenvalue weighted by molar-refractivity contribution is -0.0886. The number of hydrogen-bond acceptors (Lipinski definition) is 2. The first-order chi connectivity index (χ1) is 6.04. The minimum Gasteiger partial charge on any atom is -0.225 e. The van der Waals surface area contributed by atoms with Crippen molar-refractivity contribution in [1.29, 1.82) is 0 Å². The molecule has 0 bridgehead atoms. The molecule has 1 nitrogen and oxygen atoms in total. The second-order valence-electron chi connectivity index (χ2n) is 2.54. The van der Waals surface area contributed by atoms with Crippen LogP contribution in [0, 0.1) is 0 Å². The highest BCUT2D eigenvalue weighted by Gasteiger charge is 2.32. The van der Waals surface area contributed by atoms with Crippen LogP contribution >= 0.6 is 12.2 Å². The third kappa shape index (κ3) is 2.79. The lowest BCUT2D eigenvalue weighted by Gasteiger charge is -2.13. The van der Waals surface area contributed by atoms with Gasteiger partial charge in [0.15, 0.2) is 0 Å². The van der Waals surface area contributed by atoms with Crippen LogP contribution in [0.25, 0.3) is 0 Å². The highest BCUT2D eigenvalue weighted by Crippen LogP contribution is 2.29. The molecule has 0 aromatic rings. The van der Waals surface area contributed by atoms with Gasteiger partial charge in [-0.3, -0.25) is 0 Å². The summed E-state index contributed by atoms with van der Waals surface area (Å²) in [6.07, 6.45) is -0.523. The van der Waals surface area contributed by atoms with E-state index in [1.54, 1.807) is 0 Å². The average molecular weight is 205 g/mol. The van der Waals surface area contributed by atoms with Crippen LogP contribution in [0.5, 0.6) is 0 Å². The lowest BCUT2D eigenvalue weighted by atomic mass is 10.0. The molecular weight excluding hydrogens is 199 g/mol. The number of alkyl halides is 3. The second kappa shape index (κ2) is 3.85. The molecule has 0 N–H and O–H groups in total. The van der Waals surface area contributed by atoms with Gasteiger partial charge < -0.3 is 0 Å². The SMILES string of the molecule is FC(F)(F)C1=CCC(N=C=S)C=C1. The number of nitrogens with zero attached hydrogens (tertiary/aromatic N) is 1. The minimum atomic E-state index is -4.26. The highest BCUT2D eigenvalue weighted by molar-refractivity contribution is 7.78. The smallest absolute Gasteiger partial charge is 0.225 e. The Balaban J connectivity index is 2.70. The fourth-order valence-electron chi connectivity index (χ4n) is 0.983. The van der Waals surface area contributed by atoms with Crippen molar-refractivity contribution in [3.05, 3.63) is 23.8 Å². The number of halogens is 3. The molecule has 0 fully saturated rings. The van der Waals surface area contributed by atoms with Gasteiger partial charge in [-0.15, -0.1) is 0 Å². The van der Waals surface area contributed by atoms with Gasteiger partial charge in [-0.2, -0.15) is 13.2 Å². The molecule has 5 heteroatoms. The predicted octanol–water partition coefficient (Wildman–Crippen LogP) is 2.91. The van der Waals surface area contributed by atoms with Gasteiger partial charge in [-0.1, -0.05) is 18.2 Å². The highest BCUT2D eigenvalue weighted by atomic mass is 32.1. The molecule has 1 rings (SSSR count). The quantitative estimate of drug-likeness (QED) is 0.473. The van der Waals surface area contributed by atoms with Gasteiger partial charge in [0.05, 0.1) is 16.8 Å². The maximum absolute atomic E-state index is 12.1. The van der Waals surface area contributed by atoms with Crippen molar-refractivity contribution in [2.45, 2.75) is 18.6 Å². The van der Waals surface area contributed by atoms with E-state index in [2.05, 4.69) is 22.4 Å². The minimum absolute atomic E-state index is 0.231. The molecule has 0 spiro atoms. The van der Waals surface area contributed by atoms with Crippen LogP contribution < -0.4 is 0 Å². The van der Waals surface area contributed by atoms with Crippen molar-refractivity contribution >= 4 is 17.4 Å². The van der Waals surface area contributed by atoms with Crippen LogP contribution in [0.1, 0.15) is 6.42 Å². The first-order valence-electron chi connectivity index (χ1n) is 3.56. The first kappa shape index (κ1) is 10.2. The fourth-order valence-corrected chi connectivity index (χ4v) is 1.12. The fraction of sp³-hybridized carbons (Fsp3) is 0.375. The summed E-state index contributed by atoms with van der Waals surface area (Å²) in [6, 6.07) is -0.288. The van der Waals surface area contributed by atoms with Crippen molar-refractivity contribution in [2.75, 3.05) is 0 Å². The largest absolute Gasteiger partial charge is 0.416 e. The summed E-state index contributed by atoms with van der Waals surface area (Å²) in [5.41, 5.74) is -0.622. The van der Waals surface area contributed by atoms with Gasteiger partial charge >= 0.3 is 6.18 Å². The van der Waals surface area contributed by atoms with E-state index in [0.29, 0.717) is 0 Å². The van der Waals surface area contributed by atoms with E-state index in [-0.39, 0.29) is 12.5 Å². The van der Waals surface area contributed by atoms with E-state index in [1.807, 2.05) is 0 Å². The van der Waals surface area contributed by atoms with Crippen LogP contribution in [-0.4, -0.2) is 17.4 Å². The Morgan fingerprint density at radius 3 is 2.62 bits per heavy atom. The molecule has 0 saturated heterocycles. The van der Waals surface area contributed by atoms with Crippen molar-refractivity contribution in [3.63, 3.8) is 0 Å². The van der Waals surface area contributed by atoms with Crippen LogP contribution in [0.2, 0.25) is 0 Å². The number of thiocarbonyl (C=S) groups is 1. The normalized spacial score (nSPS) is 22.1. The molecular formula is C8H6F3NS. The summed E-state index contributed by atoms with van der Waals surface area (Å²) in [5, 5.41) is 2.14. The molecule has 1 aliphatic carbocycles. The van der Waals surface area contributed by atoms with E-state index in [9.17, 15) is 13.2 Å². The van der Waals surface area contributed by atoms with Gasteiger partial charge in [0, 0.05) is 0 Å². The summed E-state index contributed by atoms with van der Waals surface area (Å²) in [4.78, 5) is 3.67. The van der Waals surface area contributed by atoms with Gasteiger partial charge in [0.25, 0.3) is 0 Å². The summed E-state index contributed by atoms with van der Waals surface area (Å²) in [5.74, 6) is 0. The van der Waals surface area contributed by atoms with Gasteiger partial charge in [-0.05, 0) is 18.6 Å². The maximum Gasteiger partial charge on any atom is 0.416 e. The van der Waals surface area contributed by atoms with E-state index in [1.165, 1.54) is 6.08 Å². The van der Waals surface area contributed by atoms with Crippen molar-refractivity contribution in [2.24, 2.45) is 4.99 Å². The second-order valence-corrected chi connectivity index (χ2v) is 2.72. The molecule has 0 aliphatic heterocycles. The standard InChI is InChI=1S/C8H6F3NS/c9-8(10,11)6-1-3-7(4-2-6)12-5-13/h1-3,7H,4H2. The Morgan fingerprint density at radius 2 is 2.23 bits per heavy atom. The third-order valence-corrected chi connectivity index (χ3v) is 1.73. The summed E-state index contributed by atoms with van der Waals surface area (Å²) in [7, 11) is 0. The molecule has 1 unspecified atom stereocenters. The molecule has 0 amide bonds. The summed E-state index contributed by atoms with van der Waals surface area (Å²) < 4.78 is 36.2. The zero-order chi connectivity index (χ0) is 9.90. The van der Waals surface area contributed by atoms with Gasteiger partial charge in [0.2, 0.25) is 0 Å².